The summed E-state index contributed by atoms with van der Waals surface area (Å²) in [6, 6.07) is 20.7. The lowest BCUT2D eigenvalue weighted by Crippen LogP contribution is -2.39. The summed E-state index contributed by atoms with van der Waals surface area (Å²) in [6.07, 6.45) is -0.950. The summed E-state index contributed by atoms with van der Waals surface area (Å²) < 4.78 is 13.0. The van der Waals surface area contributed by atoms with E-state index in [0.29, 0.717) is 34.8 Å². The topological polar surface area (TPSA) is 103 Å². The predicted octanol–water partition coefficient (Wildman–Crippen LogP) is 6.69. The smallest absolute Gasteiger partial charge is 0.410 e. The second-order valence-corrected chi connectivity index (χ2v) is 13.6. The molecule has 232 valence electrons. The van der Waals surface area contributed by atoms with E-state index in [9.17, 15) is 14.4 Å². The van der Waals surface area contributed by atoms with Gasteiger partial charge in [-0.3, -0.25) is 9.36 Å². The Bertz CT molecular complexity index is 1840. The fraction of sp³-hybridized carbons (Fsp3) is 0.371. The highest BCUT2D eigenvalue weighted by Crippen LogP contribution is 2.55. The van der Waals surface area contributed by atoms with E-state index in [0.717, 1.165) is 22.3 Å². The van der Waals surface area contributed by atoms with Crippen LogP contribution in [0.3, 0.4) is 0 Å². The molecule has 0 bridgehead atoms. The Morgan fingerprint density at radius 1 is 0.978 bits per heavy atom. The van der Waals surface area contributed by atoms with Crippen molar-refractivity contribution in [3.63, 3.8) is 0 Å². The van der Waals surface area contributed by atoms with Gasteiger partial charge in [-0.1, -0.05) is 66.2 Å². The summed E-state index contributed by atoms with van der Waals surface area (Å²) in [4.78, 5) is 46.4. The van der Waals surface area contributed by atoms with Gasteiger partial charge in [0.1, 0.15) is 18.0 Å². The number of alkyl carbamates (subject to hydrolysis) is 1. The molecule has 2 aliphatic carbocycles. The van der Waals surface area contributed by atoms with Crippen molar-refractivity contribution in [3.05, 3.63) is 99.1 Å². The van der Waals surface area contributed by atoms with Gasteiger partial charge in [0.2, 0.25) is 0 Å². The number of likely N-dealkylation sites (tertiary alicyclic amines) is 1. The minimum atomic E-state index is -0.639. The molecule has 10 heteroatoms. The van der Waals surface area contributed by atoms with Crippen molar-refractivity contribution < 1.29 is 19.1 Å². The van der Waals surface area contributed by atoms with E-state index in [4.69, 9.17) is 26.1 Å². The summed E-state index contributed by atoms with van der Waals surface area (Å²) in [5, 5.41) is 3.58. The van der Waals surface area contributed by atoms with Crippen molar-refractivity contribution in [2.75, 3.05) is 19.7 Å². The number of carbonyl (C=O) groups excluding carboxylic acids is 2. The maximum Gasteiger partial charge on any atom is 0.410 e. The Labute approximate surface area is 266 Å². The molecule has 1 N–H and O–H groups in total. The third-order valence-corrected chi connectivity index (χ3v) is 9.39. The van der Waals surface area contributed by atoms with Crippen LogP contribution in [-0.2, 0) is 9.47 Å². The quantitative estimate of drug-likeness (QED) is 0.265. The number of fused-ring (bicyclic) bond motifs is 5. The van der Waals surface area contributed by atoms with Crippen LogP contribution in [0, 0.1) is 11.8 Å². The molecule has 4 atom stereocenters. The lowest BCUT2D eigenvalue weighted by Gasteiger charge is -2.27. The monoisotopic (exact) mass is 626 g/mol. The second kappa shape index (κ2) is 10.9. The van der Waals surface area contributed by atoms with Gasteiger partial charge < -0.3 is 19.7 Å². The van der Waals surface area contributed by atoms with E-state index in [1.54, 1.807) is 34.6 Å². The number of hydrogen-bond acceptors (Lipinski definition) is 6. The minimum absolute atomic E-state index is 0.0670. The third-order valence-electron chi connectivity index (χ3n) is 9.07. The normalized spacial score (nSPS) is 20.7. The van der Waals surface area contributed by atoms with Crippen LogP contribution in [0.4, 0.5) is 9.59 Å². The van der Waals surface area contributed by atoms with E-state index in [2.05, 4.69) is 29.6 Å². The highest BCUT2D eigenvalue weighted by molar-refractivity contribution is 6.35. The van der Waals surface area contributed by atoms with Gasteiger partial charge in [0, 0.05) is 36.9 Å². The number of hydrogen-bond donors (Lipinski definition) is 1. The van der Waals surface area contributed by atoms with E-state index >= 15 is 0 Å². The molecule has 1 aromatic heterocycles. The number of benzene rings is 3. The van der Waals surface area contributed by atoms with Gasteiger partial charge in [0.25, 0.3) is 5.56 Å². The fourth-order valence-electron chi connectivity index (χ4n) is 7.05. The van der Waals surface area contributed by atoms with Gasteiger partial charge in [0.15, 0.2) is 0 Å². The summed E-state index contributed by atoms with van der Waals surface area (Å²) in [7, 11) is 0. The fourth-order valence-corrected chi connectivity index (χ4v) is 7.30. The molecular formula is C35H35ClN4O5. The molecule has 2 heterocycles. The van der Waals surface area contributed by atoms with Crippen molar-refractivity contribution in [1.82, 2.24) is 19.8 Å². The van der Waals surface area contributed by atoms with Crippen LogP contribution in [0.15, 0.2) is 71.5 Å². The summed E-state index contributed by atoms with van der Waals surface area (Å²) >= 11 is 6.49. The van der Waals surface area contributed by atoms with Gasteiger partial charge in [-0.15, -0.1) is 0 Å². The Kier molecular flexibility index (Phi) is 7.11. The van der Waals surface area contributed by atoms with E-state index in [1.165, 1.54) is 0 Å². The van der Waals surface area contributed by atoms with Crippen LogP contribution in [0.2, 0.25) is 5.02 Å². The number of carbonyl (C=O) groups is 2. The zero-order valence-corrected chi connectivity index (χ0v) is 26.4. The first-order valence-corrected chi connectivity index (χ1v) is 15.7. The number of halogens is 1. The van der Waals surface area contributed by atoms with Crippen LogP contribution >= 0.6 is 11.6 Å². The Morgan fingerprint density at radius 2 is 1.60 bits per heavy atom. The summed E-state index contributed by atoms with van der Waals surface area (Å²) in [6.45, 7) is 8.44. The maximum atomic E-state index is 14.0. The molecule has 1 unspecified atom stereocenters. The van der Waals surface area contributed by atoms with Crippen LogP contribution in [0.5, 0.6) is 0 Å². The van der Waals surface area contributed by atoms with Crippen LogP contribution in [0.25, 0.3) is 22.0 Å². The average Bonchev–Trinajstić information content (AvgIpc) is 3.31. The van der Waals surface area contributed by atoms with E-state index < -0.39 is 17.7 Å². The SMILES string of the molecule is C[C@H](NC(=O)OCC1c2ccccc2-c2ccccc21)c1nc2cccc(Cl)c2c(=O)n1C1[C@H]2CN(C(=O)OC(C)(C)C)C[C@@H]12. The van der Waals surface area contributed by atoms with Crippen molar-refractivity contribution in [2.24, 2.45) is 11.8 Å². The molecule has 0 radical (unpaired) electrons. The standard InChI is InChI=1S/C35H35ClN4O5/c1-19(37-33(42)44-18-26-22-12-7-5-10-20(22)21-11-6-8-13-23(21)26)31-38-28-15-9-14-27(36)29(28)32(41)40(31)30-24-16-39(17-25(24)30)34(43)45-35(2,3)4/h5-15,19,24-26,30H,16-18H2,1-4H3,(H,37,42)/t19-,24-,25+,30?/m0/s1. The zero-order chi connectivity index (χ0) is 31.6. The van der Waals surface area contributed by atoms with Gasteiger partial charge in [0.05, 0.1) is 22.0 Å². The molecule has 3 aliphatic rings. The molecule has 1 saturated carbocycles. The van der Waals surface area contributed by atoms with Crippen molar-refractivity contribution in [3.8, 4) is 11.1 Å². The lowest BCUT2D eigenvalue weighted by atomic mass is 9.98. The average molecular weight is 627 g/mol. The molecule has 2 amide bonds. The highest BCUT2D eigenvalue weighted by Gasteiger charge is 2.59. The van der Waals surface area contributed by atoms with Crippen LogP contribution in [0.1, 0.15) is 62.6 Å². The second-order valence-electron chi connectivity index (χ2n) is 13.2. The van der Waals surface area contributed by atoms with Crippen molar-refractivity contribution >= 4 is 34.7 Å². The zero-order valence-electron chi connectivity index (χ0n) is 25.6. The molecule has 3 aromatic carbocycles. The van der Waals surface area contributed by atoms with Gasteiger partial charge in [-0.2, -0.15) is 0 Å². The number of rotatable bonds is 5. The number of aromatic nitrogens is 2. The van der Waals surface area contributed by atoms with Crippen molar-refractivity contribution in [1.29, 1.82) is 0 Å². The molecule has 2 fully saturated rings. The first-order valence-electron chi connectivity index (χ1n) is 15.3. The van der Waals surface area contributed by atoms with Gasteiger partial charge in [-0.25, -0.2) is 14.6 Å². The number of amides is 2. The number of nitrogens with one attached hydrogen (secondary N) is 1. The summed E-state index contributed by atoms with van der Waals surface area (Å²) in [5.74, 6) is 0.484. The summed E-state index contributed by atoms with van der Waals surface area (Å²) in [5.41, 5.74) is 4.17. The lowest BCUT2D eigenvalue weighted by molar-refractivity contribution is 0.0266. The van der Waals surface area contributed by atoms with Gasteiger partial charge >= 0.3 is 12.2 Å². The maximum absolute atomic E-state index is 14.0. The third kappa shape index (κ3) is 5.23. The minimum Gasteiger partial charge on any atom is -0.449 e. The van der Waals surface area contributed by atoms with Crippen LogP contribution < -0.4 is 10.9 Å². The molecule has 0 spiro atoms. The van der Waals surface area contributed by atoms with Crippen molar-refractivity contribution in [2.45, 2.75) is 51.3 Å². The Morgan fingerprint density at radius 3 is 2.22 bits per heavy atom. The number of ether oxygens (including phenoxy) is 2. The molecular weight excluding hydrogens is 592 g/mol. The van der Waals surface area contributed by atoms with Crippen LogP contribution in [-0.4, -0.2) is 51.9 Å². The van der Waals surface area contributed by atoms with E-state index in [1.807, 2.05) is 45.0 Å². The number of nitrogens with zero attached hydrogens (tertiary/aromatic N) is 3. The van der Waals surface area contributed by atoms with Gasteiger partial charge in [-0.05, 0) is 62.1 Å². The Hall–Kier alpha value is -4.37. The largest absolute Gasteiger partial charge is 0.449 e. The Balaban J connectivity index is 1.11. The molecule has 7 rings (SSSR count). The molecule has 1 saturated heterocycles. The molecule has 45 heavy (non-hydrogen) atoms. The molecule has 4 aromatic rings. The highest BCUT2D eigenvalue weighted by atomic mass is 35.5. The van der Waals surface area contributed by atoms with E-state index in [-0.39, 0.29) is 42.1 Å². The first-order chi connectivity index (χ1) is 21.5. The number of piperidine rings is 1. The first kappa shape index (κ1) is 29.3. The predicted molar refractivity (Wildman–Crippen MR) is 171 cm³/mol. The molecule has 1 aliphatic heterocycles. The molecule has 9 nitrogen and oxygen atoms in total.